The van der Waals surface area contributed by atoms with Gasteiger partial charge in [-0.1, -0.05) is 30.0 Å². The number of thioether (sulfide) groups is 1. The quantitative estimate of drug-likeness (QED) is 0.550. The normalized spacial score (nSPS) is 14.4. The fourth-order valence-electron chi connectivity index (χ4n) is 3.19. The Hall–Kier alpha value is -2.12. The zero-order valence-corrected chi connectivity index (χ0v) is 16.2. The number of carbonyl (C=O) groups excluding carboxylic acids is 1. The molecule has 0 radical (unpaired) electrons. The van der Waals surface area contributed by atoms with Gasteiger partial charge in [-0.3, -0.25) is 14.2 Å². The van der Waals surface area contributed by atoms with Gasteiger partial charge >= 0.3 is 0 Å². The lowest BCUT2D eigenvalue weighted by Gasteiger charge is -2.13. The molecule has 2 heterocycles. The number of fused-ring (bicyclic) bond motifs is 3. The summed E-state index contributed by atoms with van der Waals surface area (Å²) in [5.41, 5.74) is 1.94. The summed E-state index contributed by atoms with van der Waals surface area (Å²) in [5, 5.41) is 3.88. The molecule has 26 heavy (non-hydrogen) atoms. The van der Waals surface area contributed by atoms with Crippen molar-refractivity contribution in [3.05, 3.63) is 51.1 Å². The third-order valence-electron chi connectivity index (χ3n) is 4.60. The van der Waals surface area contributed by atoms with E-state index in [0.717, 1.165) is 35.2 Å². The minimum absolute atomic E-state index is 0.00688. The monoisotopic (exact) mass is 385 g/mol. The van der Waals surface area contributed by atoms with E-state index in [1.165, 1.54) is 22.2 Å². The molecule has 0 unspecified atom stereocenters. The summed E-state index contributed by atoms with van der Waals surface area (Å²) in [4.78, 5) is 32.1. The first-order valence-corrected chi connectivity index (χ1v) is 10.3. The molecule has 134 valence electrons. The third-order valence-corrected chi connectivity index (χ3v) is 6.93. The molecule has 1 aromatic carbocycles. The molecular formula is C19H19N3O2S2. The second-order valence-electron chi connectivity index (χ2n) is 6.41. The van der Waals surface area contributed by atoms with Crippen LogP contribution in [0.1, 0.15) is 23.8 Å². The SMILES string of the molecule is C[C@H](Sc1nc2sc3c(c2c(=O)n1C)CCC3)C(=O)Nc1ccccc1. The van der Waals surface area contributed by atoms with Crippen LogP contribution in [0.2, 0.25) is 0 Å². The molecule has 1 N–H and O–H groups in total. The molecule has 4 rings (SSSR count). The van der Waals surface area contributed by atoms with E-state index < -0.39 is 0 Å². The van der Waals surface area contributed by atoms with Gasteiger partial charge in [0.25, 0.3) is 5.56 Å². The van der Waals surface area contributed by atoms with Crippen LogP contribution >= 0.6 is 23.1 Å². The molecule has 7 heteroatoms. The molecule has 1 aliphatic rings. The molecule has 5 nitrogen and oxygen atoms in total. The maximum absolute atomic E-state index is 12.8. The van der Waals surface area contributed by atoms with E-state index in [1.807, 2.05) is 37.3 Å². The number of benzene rings is 1. The third kappa shape index (κ3) is 3.05. The molecule has 2 aromatic heterocycles. The zero-order valence-electron chi connectivity index (χ0n) is 14.6. The number of amides is 1. The van der Waals surface area contributed by atoms with Crippen molar-refractivity contribution in [2.24, 2.45) is 7.05 Å². The number of rotatable bonds is 4. The molecule has 0 saturated carbocycles. The number of hydrogen-bond acceptors (Lipinski definition) is 5. The highest BCUT2D eigenvalue weighted by atomic mass is 32.2. The van der Waals surface area contributed by atoms with Crippen LogP contribution in [0, 0.1) is 0 Å². The van der Waals surface area contributed by atoms with Crippen molar-refractivity contribution in [2.45, 2.75) is 36.6 Å². The maximum atomic E-state index is 12.8. The van der Waals surface area contributed by atoms with Crippen LogP contribution in [0.25, 0.3) is 10.2 Å². The number of aryl methyl sites for hydroxylation is 2. The zero-order chi connectivity index (χ0) is 18.3. The lowest BCUT2D eigenvalue weighted by Crippen LogP contribution is -2.25. The van der Waals surface area contributed by atoms with Gasteiger partial charge in [0.2, 0.25) is 5.91 Å². The number of nitrogens with zero attached hydrogens (tertiary/aromatic N) is 2. The van der Waals surface area contributed by atoms with Gasteiger partial charge in [-0.15, -0.1) is 11.3 Å². The Labute approximate surface area is 159 Å². The van der Waals surface area contributed by atoms with Crippen LogP contribution < -0.4 is 10.9 Å². The topological polar surface area (TPSA) is 64.0 Å². The van der Waals surface area contributed by atoms with Gasteiger partial charge in [0.15, 0.2) is 5.16 Å². The van der Waals surface area contributed by atoms with Crippen molar-refractivity contribution in [1.82, 2.24) is 9.55 Å². The summed E-state index contributed by atoms with van der Waals surface area (Å²) in [6, 6.07) is 9.36. The van der Waals surface area contributed by atoms with Crippen molar-refractivity contribution in [2.75, 3.05) is 5.32 Å². The second kappa shape index (κ2) is 6.89. The fourth-order valence-corrected chi connectivity index (χ4v) is 5.36. The van der Waals surface area contributed by atoms with Crippen LogP contribution in [-0.2, 0) is 24.7 Å². The van der Waals surface area contributed by atoms with E-state index in [-0.39, 0.29) is 16.7 Å². The van der Waals surface area contributed by atoms with E-state index in [1.54, 1.807) is 23.0 Å². The Morgan fingerprint density at radius 1 is 1.31 bits per heavy atom. The van der Waals surface area contributed by atoms with Gasteiger partial charge in [0.05, 0.1) is 10.6 Å². The van der Waals surface area contributed by atoms with E-state index in [4.69, 9.17) is 4.98 Å². The van der Waals surface area contributed by atoms with Gasteiger partial charge < -0.3 is 5.32 Å². The van der Waals surface area contributed by atoms with E-state index in [2.05, 4.69) is 5.32 Å². The number of carbonyl (C=O) groups is 1. The Bertz CT molecular complexity index is 1040. The van der Waals surface area contributed by atoms with E-state index >= 15 is 0 Å². The Morgan fingerprint density at radius 3 is 2.85 bits per heavy atom. The van der Waals surface area contributed by atoms with Crippen molar-refractivity contribution in [3.63, 3.8) is 0 Å². The van der Waals surface area contributed by atoms with Gasteiger partial charge in [-0.2, -0.15) is 0 Å². The maximum Gasteiger partial charge on any atom is 0.262 e. The standard InChI is InChI=1S/C19H19N3O2S2/c1-11(16(23)20-12-7-4-3-5-8-12)25-19-21-17-15(18(24)22(19)2)13-9-6-10-14(13)26-17/h3-5,7-8,11H,6,9-10H2,1-2H3,(H,20,23)/t11-/m0/s1. The molecule has 0 aliphatic heterocycles. The highest BCUT2D eigenvalue weighted by Crippen LogP contribution is 2.35. The van der Waals surface area contributed by atoms with Gasteiger partial charge in [-0.05, 0) is 43.9 Å². The lowest BCUT2D eigenvalue weighted by atomic mass is 10.2. The number of para-hydroxylation sites is 1. The Balaban J connectivity index is 1.60. The average molecular weight is 386 g/mol. The molecule has 1 aliphatic carbocycles. The summed E-state index contributed by atoms with van der Waals surface area (Å²) >= 11 is 2.94. The molecule has 0 bridgehead atoms. The second-order valence-corrected chi connectivity index (χ2v) is 8.80. The first-order valence-electron chi connectivity index (χ1n) is 8.58. The Kier molecular flexibility index (Phi) is 4.58. The van der Waals surface area contributed by atoms with E-state index in [0.29, 0.717) is 5.16 Å². The van der Waals surface area contributed by atoms with Crippen LogP contribution in [0.3, 0.4) is 0 Å². The van der Waals surface area contributed by atoms with Crippen molar-refractivity contribution >= 4 is 44.9 Å². The summed E-state index contributed by atoms with van der Waals surface area (Å²) in [6.45, 7) is 1.83. The average Bonchev–Trinajstić information content (AvgIpc) is 3.20. The van der Waals surface area contributed by atoms with Crippen LogP contribution in [-0.4, -0.2) is 20.7 Å². The molecule has 1 atom stereocenters. The minimum Gasteiger partial charge on any atom is -0.325 e. The Morgan fingerprint density at radius 2 is 2.08 bits per heavy atom. The molecule has 0 saturated heterocycles. The van der Waals surface area contributed by atoms with E-state index in [9.17, 15) is 9.59 Å². The number of thiophene rings is 1. The summed E-state index contributed by atoms with van der Waals surface area (Å²) in [6.07, 6.45) is 3.12. The van der Waals surface area contributed by atoms with Crippen LogP contribution in [0.15, 0.2) is 40.3 Å². The van der Waals surface area contributed by atoms with Gasteiger partial charge in [0.1, 0.15) is 4.83 Å². The highest BCUT2D eigenvalue weighted by Gasteiger charge is 2.24. The summed E-state index contributed by atoms with van der Waals surface area (Å²) < 4.78 is 1.57. The van der Waals surface area contributed by atoms with Crippen LogP contribution in [0.5, 0.6) is 0 Å². The van der Waals surface area contributed by atoms with Crippen molar-refractivity contribution in [1.29, 1.82) is 0 Å². The lowest BCUT2D eigenvalue weighted by molar-refractivity contribution is -0.115. The molecule has 0 fully saturated rings. The molecular weight excluding hydrogens is 366 g/mol. The summed E-state index contributed by atoms with van der Waals surface area (Å²) in [5.74, 6) is -0.107. The predicted molar refractivity (Wildman–Crippen MR) is 107 cm³/mol. The molecule has 3 aromatic rings. The number of anilines is 1. The first-order chi connectivity index (χ1) is 12.5. The largest absolute Gasteiger partial charge is 0.325 e. The highest BCUT2D eigenvalue weighted by molar-refractivity contribution is 8.00. The minimum atomic E-state index is -0.363. The van der Waals surface area contributed by atoms with Gasteiger partial charge in [-0.25, -0.2) is 4.98 Å². The predicted octanol–water partition coefficient (Wildman–Crippen LogP) is 3.60. The molecule has 0 spiro atoms. The van der Waals surface area contributed by atoms with Crippen LogP contribution in [0.4, 0.5) is 5.69 Å². The van der Waals surface area contributed by atoms with Gasteiger partial charge in [0, 0.05) is 17.6 Å². The molecule has 1 amide bonds. The number of nitrogens with one attached hydrogen (secondary N) is 1. The smallest absolute Gasteiger partial charge is 0.262 e. The summed E-state index contributed by atoms with van der Waals surface area (Å²) in [7, 11) is 1.73. The fraction of sp³-hybridized carbons (Fsp3) is 0.316. The number of hydrogen-bond donors (Lipinski definition) is 1. The van der Waals surface area contributed by atoms with Crippen molar-refractivity contribution in [3.8, 4) is 0 Å². The number of aromatic nitrogens is 2. The first kappa shape index (κ1) is 17.3. The van der Waals surface area contributed by atoms with Crippen molar-refractivity contribution < 1.29 is 4.79 Å².